The minimum absolute atomic E-state index is 0.0709. The number of thioether (sulfide) groups is 1. The lowest BCUT2D eigenvalue weighted by atomic mass is 10.1. The molecule has 108 valence electrons. The third kappa shape index (κ3) is 4.92. The maximum Gasteiger partial charge on any atom is 0.242 e. The molecule has 0 aromatic heterocycles. The van der Waals surface area contributed by atoms with Crippen molar-refractivity contribution < 1.29 is 17.9 Å². The molecule has 0 aliphatic rings. The number of aliphatic hydroxyl groups is 1. The van der Waals surface area contributed by atoms with E-state index >= 15 is 0 Å². The van der Waals surface area contributed by atoms with E-state index in [2.05, 4.69) is 4.72 Å². The standard InChI is InChI=1S/C11H15ClFNO3S2/c1-11(15,7-18-2)6-14-19(16,17)10-5-8(13)3-4-9(10)12/h3-5,14-15H,6-7H2,1-2H3. The second-order valence-corrected chi connectivity index (χ2v) is 7.34. The predicted molar refractivity (Wildman–Crippen MR) is 75.6 cm³/mol. The van der Waals surface area contributed by atoms with Crippen molar-refractivity contribution in [2.75, 3.05) is 18.6 Å². The van der Waals surface area contributed by atoms with Crippen LogP contribution in [0.1, 0.15) is 6.92 Å². The molecular formula is C11H15ClFNO3S2. The molecule has 0 aliphatic heterocycles. The monoisotopic (exact) mass is 327 g/mol. The van der Waals surface area contributed by atoms with Gasteiger partial charge in [0.15, 0.2) is 0 Å². The molecule has 1 atom stereocenters. The van der Waals surface area contributed by atoms with Gasteiger partial charge in [-0.05, 0) is 31.4 Å². The minimum Gasteiger partial charge on any atom is -0.388 e. The highest BCUT2D eigenvalue weighted by Crippen LogP contribution is 2.22. The zero-order chi connectivity index (χ0) is 14.7. The van der Waals surface area contributed by atoms with Crippen LogP contribution in [-0.4, -0.2) is 37.7 Å². The van der Waals surface area contributed by atoms with E-state index in [1.54, 1.807) is 6.26 Å². The quantitative estimate of drug-likeness (QED) is 0.837. The maximum atomic E-state index is 13.1. The minimum atomic E-state index is -3.96. The Morgan fingerprint density at radius 2 is 2.16 bits per heavy atom. The Hall–Kier alpha value is -0.340. The topological polar surface area (TPSA) is 66.4 Å². The van der Waals surface area contributed by atoms with Crippen LogP contribution in [0.3, 0.4) is 0 Å². The highest BCUT2D eigenvalue weighted by atomic mass is 35.5. The van der Waals surface area contributed by atoms with Crippen LogP contribution in [0, 0.1) is 5.82 Å². The number of sulfonamides is 1. The Balaban J connectivity index is 2.90. The molecule has 0 saturated heterocycles. The van der Waals surface area contributed by atoms with Crippen molar-refractivity contribution in [2.24, 2.45) is 0 Å². The molecule has 0 aliphatic carbocycles. The van der Waals surface area contributed by atoms with E-state index in [0.29, 0.717) is 5.75 Å². The molecule has 1 aromatic rings. The van der Waals surface area contributed by atoms with Crippen LogP contribution >= 0.6 is 23.4 Å². The average Bonchev–Trinajstić information content (AvgIpc) is 2.30. The third-order valence-electron chi connectivity index (χ3n) is 2.28. The Morgan fingerprint density at radius 3 is 2.74 bits per heavy atom. The lowest BCUT2D eigenvalue weighted by Gasteiger charge is -2.22. The number of rotatable bonds is 6. The van der Waals surface area contributed by atoms with Crippen LogP contribution in [0.2, 0.25) is 5.02 Å². The van der Waals surface area contributed by atoms with Gasteiger partial charge in [0.05, 0.1) is 10.6 Å². The van der Waals surface area contributed by atoms with Crippen LogP contribution in [-0.2, 0) is 10.0 Å². The summed E-state index contributed by atoms with van der Waals surface area (Å²) >= 11 is 7.13. The van der Waals surface area contributed by atoms with E-state index in [1.165, 1.54) is 24.8 Å². The summed E-state index contributed by atoms with van der Waals surface area (Å²) in [4.78, 5) is -0.339. The molecule has 2 N–H and O–H groups in total. The van der Waals surface area contributed by atoms with Gasteiger partial charge in [-0.25, -0.2) is 17.5 Å². The lowest BCUT2D eigenvalue weighted by Crippen LogP contribution is -2.42. The van der Waals surface area contributed by atoms with E-state index < -0.39 is 21.4 Å². The number of nitrogens with one attached hydrogen (secondary N) is 1. The normalized spacial score (nSPS) is 15.2. The maximum absolute atomic E-state index is 13.1. The van der Waals surface area contributed by atoms with Gasteiger partial charge < -0.3 is 5.11 Å². The highest BCUT2D eigenvalue weighted by molar-refractivity contribution is 7.98. The zero-order valence-electron chi connectivity index (χ0n) is 10.5. The summed E-state index contributed by atoms with van der Waals surface area (Å²) in [5, 5.41) is 9.82. The molecule has 1 aromatic carbocycles. The van der Waals surface area contributed by atoms with E-state index in [0.717, 1.165) is 12.1 Å². The highest BCUT2D eigenvalue weighted by Gasteiger charge is 2.25. The largest absolute Gasteiger partial charge is 0.388 e. The molecule has 0 bridgehead atoms. The lowest BCUT2D eigenvalue weighted by molar-refractivity contribution is 0.0908. The van der Waals surface area contributed by atoms with Crippen LogP contribution in [0.4, 0.5) is 4.39 Å². The molecule has 0 fully saturated rings. The first kappa shape index (κ1) is 16.7. The van der Waals surface area contributed by atoms with Crippen molar-refractivity contribution in [2.45, 2.75) is 17.4 Å². The Kier molecular flexibility index (Phi) is 5.64. The van der Waals surface area contributed by atoms with Crippen LogP contribution in [0.15, 0.2) is 23.1 Å². The van der Waals surface area contributed by atoms with Crippen molar-refractivity contribution in [3.8, 4) is 0 Å². The first-order valence-electron chi connectivity index (χ1n) is 5.34. The van der Waals surface area contributed by atoms with Gasteiger partial charge in [-0.2, -0.15) is 11.8 Å². The molecule has 1 unspecified atom stereocenters. The summed E-state index contributed by atoms with van der Waals surface area (Å²) < 4.78 is 39.2. The third-order valence-corrected chi connectivity index (χ3v) is 5.07. The SMILES string of the molecule is CSCC(C)(O)CNS(=O)(=O)c1cc(F)ccc1Cl. The van der Waals surface area contributed by atoms with Gasteiger partial charge in [0.2, 0.25) is 10.0 Å². The van der Waals surface area contributed by atoms with Gasteiger partial charge in [-0.3, -0.25) is 0 Å². The van der Waals surface area contributed by atoms with E-state index in [1.807, 2.05) is 0 Å². The summed E-state index contributed by atoms with van der Waals surface area (Å²) in [6.07, 6.45) is 1.80. The molecule has 8 heteroatoms. The summed E-state index contributed by atoms with van der Waals surface area (Å²) in [6, 6.07) is 3.09. The summed E-state index contributed by atoms with van der Waals surface area (Å²) in [7, 11) is -3.96. The number of hydrogen-bond donors (Lipinski definition) is 2. The first-order valence-corrected chi connectivity index (χ1v) is 8.59. The van der Waals surface area contributed by atoms with Crippen LogP contribution < -0.4 is 4.72 Å². The molecule has 0 radical (unpaired) electrons. The molecule has 0 amide bonds. The predicted octanol–water partition coefficient (Wildman–Crippen LogP) is 1.87. The van der Waals surface area contributed by atoms with Gasteiger partial charge in [-0.15, -0.1) is 0 Å². The number of halogens is 2. The van der Waals surface area contributed by atoms with E-state index in [4.69, 9.17) is 11.6 Å². The first-order chi connectivity index (χ1) is 8.68. The fourth-order valence-corrected chi connectivity index (χ4v) is 3.77. The fraction of sp³-hybridized carbons (Fsp3) is 0.455. The average molecular weight is 328 g/mol. The second kappa shape index (κ2) is 6.41. The summed E-state index contributed by atoms with van der Waals surface area (Å²) in [5.41, 5.74) is -1.19. The van der Waals surface area contributed by atoms with Gasteiger partial charge >= 0.3 is 0 Å². The number of hydrogen-bond acceptors (Lipinski definition) is 4. The fourth-order valence-electron chi connectivity index (χ4n) is 1.37. The summed E-state index contributed by atoms with van der Waals surface area (Å²) in [6.45, 7) is 1.34. The molecule has 4 nitrogen and oxygen atoms in total. The van der Waals surface area contributed by atoms with Crippen LogP contribution in [0.25, 0.3) is 0 Å². The molecule has 0 spiro atoms. The van der Waals surface area contributed by atoms with Gasteiger partial charge in [0.1, 0.15) is 10.7 Å². The smallest absolute Gasteiger partial charge is 0.242 e. The Labute approximate surface area is 121 Å². The van der Waals surface area contributed by atoms with Crippen molar-refractivity contribution in [3.05, 3.63) is 29.0 Å². The van der Waals surface area contributed by atoms with Crippen molar-refractivity contribution >= 4 is 33.4 Å². The Morgan fingerprint density at radius 1 is 1.53 bits per heavy atom. The molecular weight excluding hydrogens is 313 g/mol. The van der Waals surface area contributed by atoms with Gasteiger partial charge in [-0.1, -0.05) is 11.6 Å². The molecule has 19 heavy (non-hydrogen) atoms. The van der Waals surface area contributed by atoms with Crippen molar-refractivity contribution in [1.29, 1.82) is 0 Å². The Bertz CT molecular complexity index is 549. The van der Waals surface area contributed by atoms with E-state index in [-0.39, 0.29) is 16.5 Å². The summed E-state index contributed by atoms with van der Waals surface area (Å²) in [5.74, 6) is -0.326. The van der Waals surface area contributed by atoms with Crippen molar-refractivity contribution in [3.63, 3.8) is 0 Å². The van der Waals surface area contributed by atoms with Gasteiger partial charge in [0, 0.05) is 12.3 Å². The zero-order valence-corrected chi connectivity index (χ0v) is 12.9. The number of benzene rings is 1. The van der Waals surface area contributed by atoms with Crippen LogP contribution in [0.5, 0.6) is 0 Å². The van der Waals surface area contributed by atoms with Crippen molar-refractivity contribution in [1.82, 2.24) is 4.72 Å². The molecule has 0 heterocycles. The van der Waals surface area contributed by atoms with Gasteiger partial charge in [0.25, 0.3) is 0 Å². The second-order valence-electron chi connectivity index (χ2n) is 4.33. The van der Waals surface area contributed by atoms with E-state index in [9.17, 15) is 17.9 Å². The molecule has 0 saturated carbocycles. The molecule has 1 rings (SSSR count).